The molecule has 1 saturated heterocycles. The molecule has 1 fully saturated rings. The molecular formula is C13H26N2O. The quantitative estimate of drug-likeness (QED) is 0.745. The molecule has 0 aliphatic carbocycles. The Hall–Kier alpha value is -0.570. The molecule has 0 aromatic carbocycles. The van der Waals surface area contributed by atoms with E-state index in [2.05, 4.69) is 19.2 Å². The van der Waals surface area contributed by atoms with Gasteiger partial charge < -0.3 is 10.2 Å². The zero-order valence-corrected chi connectivity index (χ0v) is 11.2. The number of nitrogens with zero attached hydrogens (tertiary/aromatic N) is 1. The van der Waals surface area contributed by atoms with Crippen molar-refractivity contribution >= 4 is 5.91 Å². The molecule has 1 aliphatic heterocycles. The van der Waals surface area contributed by atoms with Gasteiger partial charge in [-0.15, -0.1) is 0 Å². The molecule has 1 N–H and O–H groups in total. The van der Waals surface area contributed by atoms with Crippen LogP contribution in [0.15, 0.2) is 0 Å². The molecule has 94 valence electrons. The SMILES string of the molecule is CCCCCN1CCC(C)NC(C)(C)C1=O. The Morgan fingerprint density at radius 2 is 2.12 bits per heavy atom. The van der Waals surface area contributed by atoms with Crippen LogP contribution in [-0.2, 0) is 4.79 Å². The van der Waals surface area contributed by atoms with Crippen molar-refractivity contribution in [2.24, 2.45) is 0 Å². The molecule has 0 aromatic heterocycles. The lowest BCUT2D eigenvalue weighted by Crippen LogP contribution is -2.53. The van der Waals surface area contributed by atoms with Crippen molar-refractivity contribution in [2.75, 3.05) is 13.1 Å². The van der Waals surface area contributed by atoms with Gasteiger partial charge in [0.05, 0.1) is 5.54 Å². The van der Waals surface area contributed by atoms with E-state index in [1.165, 1.54) is 12.8 Å². The van der Waals surface area contributed by atoms with E-state index in [4.69, 9.17) is 0 Å². The summed E-state index contributed by atoms with van der Waals surface area (Å²) in [5.41, 5.74) is -0.401. The third-order valence-electron chi connectivity index (χ3n) is 3.29. The van der Waals surface area contributed by atoms with Crippen LogP contribution in [0.4, 0.5) is 0 Å². The van der Waals surface area contributed by atoms with E-state index in [1.54, 1.807) is 0 Å². The molecule has 0 bridgehead atoms. The van der Waals surface area contributed by atoms with Gasteiger partial charge in [-0.2, -0.15) is 0 Å². The van der Waals surface area contributed by atoms with Crippen LogP contribution in [0.1, 0.15) is 53.4 Å². The molecule has 0 radical (unpaired) electrons. The van der Waals surface area contributed by atoms with Gasteiger partial charge in [0.2, 0.25) is 5.91 Å². The highest BCUT2D eigenvalue weighted by atomic mass is 16.2. The molecule has 3 nitrogen and oxygen atoms in total. The fraction of sp³-hybridized carbons (Fsp3) is 0.923. The Kier molecular flexibility index (Phi) is 4.78. The maximum Gasteiger partial charge on any atom is 0.242 e. The summed E-state index contributed by atoms with van der Waals surface area (Å²) in [7, 11) is 0. The van der Waals surface area contributed by atoms with Crippen LogP contribution < -0.4 is 5.32 Å². The van der Waals surface area contributed by atoms with Gasteiger partial charge in [-0.3, -0.25) is 4.79 Å². The van der Waals surface area contributed by atoms with Gasteiger partial charge in [0.25, 0.3) is 0 Å². The van der Waals surface area contributed by atoms with Crippen LogP contribution in [0.5, 0.6) is 0 Å². The fourth-order valence-corrected chi connectivity index (χ4v) is 2.36. The first-order valence-corrected chi connectivity index (χ1v) is 6.54. The zero-order valence-electron chi connectivity index (χ0n) is 11.2. The third-order valence-corrected chi connectivity index (χ3v) is 3.29. The monoisotopic (exact) mass is 226 g/mol. The van der Waals surface area contributed by atoms with E-state index in [9.17, 15) is 4.79 Å². The van der Waals surface area contributed by atoms with Crippen LogP contribution >= 0.6 is 0 Å². The average molecular weight is 226 g/mol. The van der Waals surface area contributed by atoms with Crippen molar-refractivity contribution in [3.63, 3.8) is 0 Å². The van der Waals surface area contributed by atoms with Gasteiger partial charge in [0.15, 0.2) is 0 Å². The highest BCUT2D eigenvalue weighted by Gasteiger charge is 2.35. The smallest absolute Gasteiger partial charge is 0.242 e. The van der Waals surface area contributed by atoms with Crippen molar-refractivity contribution in [1.29, 1.82) is 0 Å². The third kappa shape index (κ3) is 3.48. The second kappa shape index (κ2) is 5.67. The van der Waals surface area contributed by atoms with E-state index in [1.807, 2.05) is 18.7 Å². The Morgan fingerprint density at radius 1 is 1.44 bits per heavy atom. The van der Waals surface area contributed by atoms with Crippen LogP contribution in [0, 0.1) is 0 Å². The van der Waals surface area contributed by atoms with Gasteiger partial charge in [0, 0.05) is 19.1 Å². The highest BCUT2D eigenvalue weighted by molar-refractivity contribution is 5.85. The highest BCUT2D eigenvalue weighted by Crippen LogP contribution is 2.16. The molecule has 1 rings (SSSR count). The zero-order chi connectivity index (χ0) is 12.2. The molecule has 0 aromatic rings. The Balaban J connectivity index is 2.58. The normalized spacial score (nSPS) is 25.6. The number of amides is 1. The topological polar surface area (TPSA) is 32.3 Å². The second-order valence-electron chi connectivity index (χ2n) is 5.46. The minimum atomic E-state index is -0.401. The summed E-state index contributed by atoms with van der Waals surface area (Å²) in [5, 5.41) is 3.40. The van der Waals surface area contributed by atoms with Gasteiger partial charge in [0.1, 0.15) is 0 Å². The van der Waals surface area contributed by atoms with E-state index in [-0.39, 0.29) is 5.91 Å². The molecule has 1 unspecified atom stereocenters. The van der Waals surface area contributed by atoms with Crippen molar-refractivity contribution in [3.05, 3.63) is 0 Å². The lowest BCUT2D eigenvalue weighted by molar-refractivity contribution is -0.136. The molecular weight excluding hydrogens is 200 g/mol. The van der Waals surface area contributed by atoms with Crippen molar-refractivity contribution in [1.82, 2.24) is 10.2 Å². The van der Waals surface area contributed by atoms with Crippen molar-refractivity contribution in [2.45, 2.75) is 65.0 Å². The Morgan fingerprint density at radius 3 is 2.75 bits per heavy atom. The predicted molar refractivity (Wildman–Crippen MR) is 67.4 cm³/mol. The van der Waals surface area contributed by atoms with Gasteiger partial charge in [-0.1, -0.05) is 19.8 Å². The van der Waals surface area contributed by atoms with Gasteiger partial charge >= 0.3 is 0 Å². The van der Waals surface area contributed by atoms with Crippen LogP contribution in [0.2, 0.25) is 0 Å². The summed E-state index contributed by atoms with van der Waals surface area (Å²) in [6.07, 6.45) is 4.61. The molecule has 1 atom stereocenters. The molecule has 0 saturated carbocycles. The number of nitrogens with one attached hydrogen (secondary N) is 1. The van der Waals surface area contributed by atoms with E-state index < -0.39 is 5.54 Å². The minimum Gasteiger partial charge on any atom is -0.341 e. The van der Waals surface area contributed by atoms with Gasteiger partial charge in [-0.05, 0) is 33.6 Å². The van der Waals surface area contributed by atoms with Crippen molar-refractivity contribution in [3.8, 4) is 0 Å². The summed E-state index contributed by atoms with van der Waals surface area (Å²) in [5.74, 6) is 0.257. The lowest BCUT2D eigenvalue weighted by Gasteiger charge is -2.29. The first kappa shape index (κ1) is 13.5. The second-order valence-corrected chi connectivity index (χ2v) is 5.46. The Labute approximate surface area is 99.6 Å². The maximum atomic E-state index is 12.3. The fourth-order valence-electron chi connectivity index (χ4n) is 2.36. The van der Waals surface area contributed by atoms with Crippen LogP contribution in [0.3, 0.4) is 0 Å². The number of carbonyl (C=O) groups excluding carboxylic acids is 1. The Bertz CT molecular complexity index is 238. The number of hydrogen-bond donors (Lipinski definition) is 1. The van der Waals surface area contributed by atoms with E-state index >= 15 is 0 Å². The summed E-state index contributed by atoms with van der Waals surface area (Å²) in [6.45, 7) is 10.2. The molecule has 3 heteroatoms. The van der Waals surface area contributed by atoms with Gasteiger partial charge in [-0.25, -0.2) is 0 Å². The standard InChI is InChI=1S/C13H26N2O/c1-5-6-7-9-15-10-8-11(2)14-13(3,4)12(15)16/h11,14H,5-10H2,1-4H3. The number of rotatable bonds is 4. The molecule has 1 heterocycles. The molecule has 0 spiro atoms. The predicted octanol–water partition coefficient (Wildman–Crippen LogP) is 2.17. The number of carbonyl (C=O) groups is 1. The minimum absolute atomic E-state index is 0.257. The van der Waals surface area contributed by atoms with E-state index in [0.29, 0.717) is 6.04 Å². The molecule has 1 amide bonds. The summed E-state index contributed by atoms with van der Waals surface area (Å²) in [6, 6.07) is 0.426. The first-order chi connectivity index (χ1) is 7.47. The molecule has 1 aliphatic rings. The molecule has 16 heavy (non-hydrogen) atoms. The first-order valence-electron chi connectivity index (χ1n) is 6.54. The number of hydrogen-bond acceptors (Lipinski definition) is 2. The number of unbranched alkanes of at least 4 members (excludes halogenated alkanes) is 2. The van der Waals surface area contributed by atoms with E-state index in [0.717, 1.165) is 25.9 Å². The van der Waals surface area contributed by atoms with Crippen LogP contribution in [0.25, 0.3) is 0 Å². The maximum absolute atomic E-state index is 12.3. The largest absolute Gasteiger partial charge is 0.341 e. The summed E-state index contributed by atoms with van der Waals surface area (Å²) in [4.78, 5) is 14.3. The van der Waals surface area contributed by atoms with Crippen LogP contribution in [-0.4, -0.2) is 35.5 Å². The van der Waals surface area contributed by atoms with Crippen molar-refractivity contribution < 1.29 is 4.79 Å². The summed E-state index contributed by atoms with van der Waals surface area (Å²) >= 11 is 0. The summed E-state index contributed by atoms with van der Waals surface area (Å²) < 4.78 is 0. The lowest BCUT2D eigenvalue weighted by atomic mass is 10.0. The average Bonchev–Trinajstić information content (AvgIpc) is 2.29.